The van der Waals surface area contributed by atoms with Crippen molar-refractivity contribution in [2.75, 3.05) is 0 Å². The van der Waals surface area contributed by atoms with Crippen molar-refractivity contribution in [1.29, 1.82) is 0 Å². The maximum atomic E-state index is 12.6. The zero-order valence-electron chi connectivity index (χ0n) is 9.35. The monoisotopic (exact) mass is 285 g/mol. The number of nitrogens with one attached hydrogen (secondary N) is 1. The Labute approximate surface area is 104 Å². The first kappa shape index (κ1) is 15.3. The predicted molar refractivity (Wildman–Crippen MR) is 54.2 cm³/mol. The molecule has 0 aromatic heterocycles. The summed E-state index contributed by atoms with van der Waals surface area (Å²) in [5.74, 6) is -2.61. The van der Waals surface area contributed by atoms with E-state index >= 15 is 0 Å². The van der Waals surface area contributed by atoms with Crippen LogP contribution in [-0.4, -0.2) is 24.3 Å². The summed E-state index contributed by atoms with van der Waals surface area (Å²) in [7, 11) is 0. The molecule has 1 aromatic rings. The lowest BCUT2D eigenvalue weighted by atomic mass is 10.1. The summed E-state index contributed by atoms with van der Waals surface area (Å²) in [5.41, 5.74) is 0.173. The van der Waals surface area contributed by atoms with Gasteiger partial charge < -0.3 is 5.32 Å². The minimum Gasteiger partial charge on any atom is -0.336 e. The Morgan fingerprint density at radius 1 is 1.05 bits per heavy atom. The van der Waals surface area contributed by atoms with Crippen molar-refractivity contribution in [1.82, 2.24) is 5.32 Å². The van der Waals surface area contributed by atoms with E-state index in [2.05, 4.69) is 0 Å². The molecule has 0 saturated heterocycles. The lowest BCUT2D eigenvalue weighted by Crippen LogP contribution is -2.51. The quantitative estimate of drug-likeness (QED) is 0.850. The molecular weight excluding hydrogens is 276 g/mol. The smallest absolute Gasteiger partial charge is 0.336 e. The summed E-state index contributed by atoms with van der Waals surface area (Å²) in [4.78, 5) is 10.6. The zero-order chi connectivity index (χ0) is 14.7. The third-order valence-corrected chi connectivity index (χ3v) is 2.24. The van der Waals surface area contributed by atoms with Crippen LogP contribution in [0.4, 0.5) is 26.3 Å². The number of alkyl halides is 6. The molecule has 1 N–H and O–H groups in total. The fourth-order valence-corrected chi connectivity index (χ4v) is 1.34. The van der Waals surface area contributed by atoms with Crippen LogP contribution in [0.5, 0.6) is 0 Å². The summed E-state index contributed by atoms with van der Waals surface area (Å²) < 4.78 is 73.6. The first-order chi connectivity index (χ1) is 8.60. The molecule has 0 bridgehead atoms. The average Bonchev–Trinajstić information content (AvgIpc) is 2.27. The van der Waals surface area contributed by atoms with Gasteiger partial charge in [0.2, 0.25) is 0 Å². The number of hydrogen-bond donors (Lipinski definition) is 1. The van der Waals surface area contributed by atoms with Gasteiger partial charge in [0.25, 0.3) is 0 Å². The van der Waals surface area contributed by atoms with E-state index in [0.29, 0.717) is 0 Å². The molecule has 0 spiro atoms. The maximum Gasteiger partial charge on any atom is 0.471 e. The molecule has 106 valence electrons. The van der Waals surface area contributed by atoms with Crippen molar-refractivity contribution < 1.29 is 31.1 Å². The van der Waals surface area contributed by atoms with Crippen LogP contribution < -0.4 is 5.32 Å². The van der Waals surface area contributed by atoms with E-state index in [1.807, 2.05) is 0 Å². The Hall–Kier alpha value is -1.73. The highest BCUT2D eigenvalue weighted by molar-refractivity contribution is 5.82. The fraction of sp³-hybridized carbons (Fsp3) is 0.364. The lowest BCUT2D eigenvalue weighted by molar-refractivity contribution is -0.187. The van der Waals surface area contributed by atoms with Crippen molar-refractivity contribution >= 4 is 5.91 Å². The predicted octanol–water partition coefficient (Wildman–Crippen LogP) is 2.84. The van der Waals surface area contributed by atoms with Gasteiger partial charge in [-0.2, -0.15) is 26.3 Å². The van der Waals surface area contributed by atoms with Gasteiger partial charge in [-0.15, -0.1) is 0 Å². The first-order valence-corrected chi connectivity index (χ1v) is 5.09. The molecule has 1 rings (SSSR count). The Kier molecular flexibility index (Phi) is 4.43. The van der Waals surface area contributed by atoms with Gasteiger partial charge in [0.15, 0.2) is 0 Å². The molecule has 0 heterocycles. The van der Waals surface area contributed by atoms with Gasteiger partial charge in [-0.1, -0.05) is 30.3 Å². The highest BCUT2D eigenvalue weighted by atomic mass is 19.4. The molecule has 0 aliphatic heterocycles. The Bertz CT molecular complexity index is 425. The number of carbonyl (C=O) groups excluding carboxylic acids is 1. The third kappa shape index (κ3) is 4.80. The first-order valence-electron chi connectivity index (χ1n) is 5.09. The summed E-state index contributed by atoms with van der Waals surface area (Å²) in [6.45, 7) is 0. The maximum absolute atomic E-state index is 12.6. The van der Waals surface area contributed by atoms with Crippen LogP contribution in [0.3, 0.4) is 0 Å². The largest absolute Gasteiger partial charge is 0.471 e. The SMILES string of the molecule is O=C(NC(Cc1ccccc1)C(F)(F)F)C(F)(F)F. The molecule has 1 atom stereocenters. The van der Waals surface area contributed by atoms with Gasteiger partial charge >= 0.3 is 18.3 Å². The van der Waals surface area contributed by atoms with Crippen LogP contribution in [0.25, 0.3) is 0 Å². The highest BCUT2D eigenvalue weighted by Gasteiger charge is 2.46. The summed E-state index contributed by atoms with van der Waals surface area (Å²) in [6, 6.07) is 4.55. The second kappa shape index (κ2) is 5.50. The van der Waals surface area contributed by atoms with E-state index < -0.39 is 30.7 Å². The van der Waals surface area contributed by atoms with Crippen LogP contribution in [0.1, 0.15) is 5.56 Å². The lowest BCUT2D eigenvalue weighted by Gasteiger charge is -2.22. The molecule has 1 aromatic carbocycles. The van der Waals surface area contributed by atoms with Crippen molar-refractivity contribution in [2.45, 2.75) is 24.8 Å². The molecule has 0 aliphatic carbocycles. The second-order valence-corrected chi connectivity index (χ2v) is 3.76. The number of benzene rings is 1. The van der Waals surface area contributed by atoms with Crippen LogP contribution in [0, 0.1) is 0 Å². The van der Waals surface area contributed by atoms with E-state index in [9.17, 15) is 31.1 Å². The number of rotatable bonds is 3. The Morgan fingerprint density at radius 2 is 1.58 bits per heavy atom. The molecule has 0 saturated carbocycles. The van der Waals surface area contributed by atoms with Gasteiger partial charge in [-0.25, -0.2) is 0 Å². The van der Waals surface area contributed by atoms with Gasteiger partial charge in [0.1, 0.15) is 6.04 Å². The van der Waals surface area contributed by atoms with E-state index in [0.717, 1.165) is 5.32 Å². The van der Waals surface area contributed by atoms with Gasteiger partial charge in [-0.3, -0.25) is 4.79 Å². The molecule has 0 radical (unpaired) electrons. The number of halogens is 6. The van der Waals surface area contributed by atoms with Crippen LogP contribution in [0.15, 0.2) is 30.3 Å². The molecule has 8 heteroatoms. The van der Waals surface area contributed by atoms with E-state index in [1.54, 1.807) is 6.07 Å². The Balaban J connectivity index is 2.83. The standard InChI is InChI=1S/C11H9F6NO/c12-10(13,14)8(18-9(19)11(15,16)17)6-7-4-2-1-3-5-7/h1-5,8H,6H2,(H,18,19). The van der Waals surface area contributed by atoms with Crippen LogP contribution >= 0.6 is 0 Å². The molecule has 2 nitrogen and oxygen atoms in total. The number of carbonyl (C=O) groups is 1. The summed E-state index contributed by atoms with van der Waals surface area (Å²) in [6.07, 6.45) is -11.1. The molecule has 1 unspecified atom stereocenters. The van der Waals surface area contributed by atoms with Crippen LogP contribution in [0.2, 0.25) is 0 Å². The van der Waals surface area contributed by atoms with Crippen molar-refractivity contribution in [3.8, 4) is 0 Å². The van der Waals surface area contributed by atoms with E-state index in [-0.39, 0.29) is 5.56 Å². The van der Waals surface area contributed by atoms with Crippen molar-refractivity contribution in [3.05, 3.63) is 35.9 Å². The topological polar surface area (TPSA) is 29.1 Å². The molecular formula is C11H9F6NO. The van der Waals surface area contributed by atoms with Crippen LogP contribution in [-0.2, 0) is 11.2 Å². The normalized spacial score (nSPS) is 14.0. The minimum absolute atomic E-state index is 0.173. The number of amides is 1. The average molecular weight is 285 g/mol. The minimum atomic E-state index is -5.35. The van der Waals surface area contributed by atoms with Gasteiger partial charge in [0, 0.05) is 6.42 Å². The van der Waals surface area contributed by atoms with Gasteiger partial charge in [-0.05, 0) is 5.56 Å². The zero-order valence-corrected chi connectivity index (χ0v) is 9.35. The van der Waals surface area contributed by atoms with E-state index in [4.69, 9.17) is 0 Å². The summed E-state index contributed by atoms with van der Waals surface area (Å²) >= 11 is 0. The molecule has 0 fully saturated rings. The van der Waals surface area contributed by atoms with E-state index in [1.165, 1.54) is 24.3 Å². The fourth-order valence-electron chi connectivity index (χ4n) is 1.34. The van der Waals surface area contributed by atoms with Gasteiger partial charge in [0.05, 0.1) is 0 Å². The van der Waals surface area contributed by atoms with Crippen molar-refractivity contribution in [3.63, 3.8) is 0 Å². The molecule has 19 heavy (non-hydrogen) atoms. The summed E-state index contributed by atoms with van der Waals surface area (Å²) in [5, 5.41) is 0.956. The molecule has 1 amide bonds. The Morgan fingerprint density at radius 3 is 2.00 bits per heavy atom. The molecule has 0 aliphatic rings. The number of hydrogen-bond acceptors (Lipinski definition) is 1. The highest BCUT2D eigenvalue weighted by Crippen LogP contribution is 2.25. The third-order valence-electron chi connectivity index (χ3n) is 2.24. The van der Waals surface area contributed by atoms with Crippen molar-refractivity contribution in [2.24, 2.45) is 0 Å². The second-order valence-electron chi connectivity index (χ2n) is 3.76.